The van der Waals surface area contributed by atoms with Gasteiger partial charge in [0.1, 0.15) is 11.6 Å². The number of aliphatic hydroxyl groups is 1. The second-order valence-electron chi connectivity index (χ2n) is 9.94. The van der Waals surface area contributed by atoms with Crippen molar-refractivity contribution in [2.75, 3.05) is 32.8 Å². The first-order valence-electron chi connectivity index (χ1n) is 14.1. The molecule has 2 aromatic carbocycles. The normalized spacial score (nSPS) is 11.4. The Kier molecular flexibility index (Phi) is 19.9. The fourth-order valence-electron chi connectivity index (χ4n) is 4.44. The summed E-state index contributed by atoms with van der Waals surface area (Å²) in [6.45, 7) is 14.9. The summed E-state index contributed by atoms with van der Waals surface area (Å²) in [5.74, 6) is -0.884. The van der Waals surface area contributed by atoms with E-state index in [1.165, 1.54) is 106 Å². The lowest BCUT2D eigenvalue weighted by molar-refractivity contribution is -0.929. The molecule has 0 aliphatic carbocycles. The Morgan fingerprint density at radius 2 is 0.897 bits per heavy atom. The molecule has 0 saturated heterocycles. The van der Waals surface area contributed by atoms with E-state index in [1.54, 1.807) is 24.3 Å². The predicted octanol–water partition coefficient (Wildman–Crippen LogP) is 7.44. The maximum Gasteiger partial charge on any atom is 0.394 e. The number of unbranched alkanes of at least 4 members (excludes halogenated alkanes) is 4. The first-order valence-corrected chi connectivity index (χ1v) is 15.5. The Bertz CT molecular complexity index is 879. The molecule has 0 aliphatic heterocycles. The zero-order chi connectivity index (χ0) is 29.7. The first-order chi connectivity index (χ1) is 18.4. The average Bonchev–Trinajstić information content (AvgIpc) is 2.90. The SMILES string of the molecule is CCCC[N+](CCCC)(CCCC)CCCC.O=S(=O)(O)O.OCC(c1ccc(F)cc1)c1ccc(F)cc1. The highest BCUT2D eigenvalue weighted by molar-refractivity contribution is 7.79. The molecule has 0 aromatic heterocycles. The van der Waals surface area contributed by atoms with Crippen LogP contribution in [0.15, 0.2) is 48.5 Å². The zero-order valence-electron chi connectivity index (χ0n) is 24.2. The van der Waals surface area contributed by atoms with E-state index in [2.05, 4.69) is 27.7 Å². The smallest absolute Gasteiger partial charge is 0.394 e. The van der Waals surface area contributed by atoms with Crippen LogP contribution in [-0.4, -0.2) is 59.9 Å². The molecule has 39 heavy (non-hydrogen) atoms. The number of hydrogen-bond acceptors (Lipinski definition) is 3. The van der Waals surface area contributed by atoms with Crippen molar-refractivity contribution in [3.63, 3.8) is 0 Å². The maximum atomic E-state index is 12.8. The Balaban J connectivity index is 0.000000632. The number of nitrogens with zero attached hydrogens (tertiary/aromatic N) is 1. The van der Waals surface area contributed by atoms with Gasteiger partial charge in [-0.1, -0.05) is 77.6 Å². The molecule has 0 spiro atoms. The number of quaternary nitrogens is 1. The van der Waals surface area contributed by atoms with Crippen LogP contribution in [0.1, 0.15) is 96.1 Å². The standard InChI is InChI=1S/C16H36N.C14H12F2O.H2O4S/c1-5-9-13-17(14-10-6-2,15-11-7-3)16-12-8-4;15-12-5-1-10(2-6-12)14(9-17)11-3-7-13(16)8-4-11;1-5(2,3)4/h5-16H2,1-4H3;1-8,14,17H,9H2;(H2,1,2,3,4)/q+1;;. The van der Waals surface area contributed by atoms with Gasteiger partial charge in [-0.3, -0.25) is 9.11 Å². The van der Waals surface area contributed by atoms with E-state index >= 15 is 0 Å². The quantitative estimate of drug-likeness (QED) is 0.152. The molecule has 0 saturated carbocycles. The summed E-state index contributed by atoms with van der Waals surface area (Å²) in [7, 11) is -4.67. The van der Waals surface area contributed by atoms with Crippen LogP contribution in [0.2, 0.25) is 0 Å². The molecule has 2 rings (SSSR count). The van der Waals surface area contributed by atoms with Crippen molar-refractivity contribution in [3.8, 4) is 0 Å². The number of benzene rings is 2. The third kappa shape index (κ3) is 18.1. The number of aliphatic hydroxyl groups excluding tert-OH is 1. The molecule has 0 bridgehead atoms. The van der Waals surface area contributed by atoms with E-state index in [9.17, 15) is 13.9 Å². The molecular formula is C30H50F2NO5S+. The van der Waals surface area contributed by atoms with Crippen LogP contribution < -0.4 is 0 Å². The van der Waals surface area contributed by atoms with Crippen molar-refractivity contribution in [1.82, 2.24) is 0 Å². The molecule has 0 amide bonds. The number of halogens is 2. The van der Waals surface area contributed by atoms with Gasteiger partial charge in [-0.05, 0) is 61.1 Å². The van der Waals surface area contributed by atoms with Gasteiger partial charge in [0.25, 0.3) is 0 Å². The van der Waals surface area contributed by atoms with Crippen LogP contribution in [0.5, 0.6) is 0 Å². The van der Waals surface area contributed by atoms with E-state index < -0.39 is 10.4 Å². The van der Waals surface area contributed by atoms with E-state index in [4.69, 9.17) is 17.5 Å². The summed E-state index contributed by atoms with van der Waals surface area (Å²) >= 11 is 0. The molecule has 9 heteroatoms. The summed E-state index contributed by atoms with van der Waals surface area (Å²) in [5, 5.41) is 9.38. The fraction of sp³-hybridized carbons (Fsp3) is 0.600. The highest BCUT2D eigenvalue weighted by Crippen LogP contribution is 2.24. The Hall–Kier alpha value is -1.91. The molecule has 0 heterocycles. The Morgan fingerprint density at radius 1 is 0.641 bits per heavy atom. The van der Waals surface area contributed by atoms with E-state index in [0.717, 1.165) is 11.1 Å². The van der Waals surface area contributed by atoms with Gasteiger partial charge < -0.3 is 9.59 Å². The van der Waals surface area contributed by atoms with Crippen molar-refractivity contribution >= 4 is 10.4 Å². The second kappa shape index (κ2) is 20.9. The number of rotatable bonds is 15. The van der Waals surface area contributed by atoms with Gasteiger partial charge in [-0.2, -0.15) is 8.42 Å². The van der Waals surface area contributed by atoms with Gasteiger partial charge in [0, 0.05) is 5.92 Å². The minimum atomic E-state index is -4.67. The van der Waals surface area contributed by atoms with Crippen LogP contribution in [0, 0.1) is 11.6 Å². The third-order valence-electron chi connectivity index (χ3n) is 6.67. The van der Waals surface area contributed by atoms with E-state index in [0.29, 0.717) is 0 Å². The minimum Gasteiger partial charge on any atom is -0.395 e. The van der Waals surface area contributed by atoms with Crippen LogP contribution in [0.25, 0.3) is 0 Å². The van der Waals surface area contributed by atoms with Crippen molar-refractivity contribution in [3.05, 3.63) is 71.3 Å². The third-order valence-corrected chi connectivity index (χ3v) is 6.67. The van der Waals surface area contributed by atoms with Gasteiger partial charge in [0.05, 0.1) is 32.8 Å². The average molecular weight is 575 g/mol. The van der Waals surface area contributed by atoms with Crippen molar-refractivity contribution in [1.29, 1.82) is 0 Å². The van der Waals surface area contributed by atoms with E-state index in [-0.39, 0.29) is 24.2 Å². The summed E-state index contributed by atoms with van der Waals surface area (Å²) in [4.78, 5) is 0. The molecule has 6 nitrogen and oxygen atoms in total. The highest BCUT2D eigenvalue weighted by Gasteiger charge is 2.24. The van der Waals surface area contributed by atoms with Gasteiger partial charge in [-0.25, -0.2) is 8.78 Å². The molecule has 0 unspecified atom stereocenters. The van der Waals surface area contributed by atoms with Gasteiger partial charge in [-0.15, -0.1) is 0 Å². The summed E-state index contributed by atoms with van der Waals surface area (Å²) in [5.41, 5.74) is 1.61. The topological polar surface area (TPSA) is 94.8 Å². The van der Waals surface area contributed by atoms with Gasteiger partial charge in [0.15, 0.2) is 0 Å². The summed E-state index contributed by atoms with van der Waals surface area (Å²) in [6, 6.07) is 11.9. The van der Waals surface area contributed by atoms with Crippen molar-refractivity contribution in [2.24, 2.45) is 0 Å². The lowest BCUT2D eigenvalue weighted by Gasteiger charge is -2.39. The van der Waals surface area contributed by atoms with Crippen LogP contribution in [-0.2, 0) is 10.4 Å². The predicted molar refractivity (Wildman–Crippen MR) is 155 cm³/mol. The fourth-order valence-corrected chi connectivity index (χ4v) is 4.44. The van der Waals surface area contributed by atoms with Crippen molar-refractivity contribution in [2.45, 2.75) is 85.0 Å². The van der Waals surface area contributed by atoms with Gasteiger partial charge >= 0.3 is 10.4 Å². The molecular weight excluding hydrogens is 524 g/mol. The maximum absolute atomic E-state index is 12.8. The number of hydrogen-bond donors (Lipinski definition) is 3. The van der Waals surface area contributed by atoms with Crippen molar-refractivity contribution < 1.29 is 35.9 Å². The Morgan fingerprint density at radius 3 is 1.10 bits per heavy atom. The molecule has 0 radical (unpaired) electrons. The largest absolute Gasteiger partial charge is 0.395 e. The summed E-state index contributed by atoms with van der Waals surface area (Å²) in [6.07, 6.45) is 11.1. The molecule has 224 valence electrons. The summed E-state index contributed by atoms with van der Waals surface area (Å²) < 4.78 is 58.6. The van der Waals surface area contributed by atoms with E-state index in [1.807, 2.05) is 0 Å². The molecule has 3 N–H and O–H groups in total. The molecule has 2 aromatic rings. The van der Waals surface area contributed by atoms with Crippen LogP contribution in [0.4, 0.5) is 8.78 Å². The lowest BCUT2D eigenvalue weighted by Crippen LogP contribution is -2.50. The second-order valence-corrected chi connectivity index (χ2v) is 10.8. The lowest BCUT2D eigenvalue weighted by atomic mass is 9.92. The van der Waals surface area contributed by atoms with Crippen LogP contribution >= 0.6 is 0 Å². The van der Waals surface area contributed by atoms with Crippen LogP contribution in [0.3, 0.4) is 0 Å². The molecule has 0 aliphatic rings. The molecule has 0 fully saturated rings. The monoisotopic (exact) mass is 574 g/mol. The molecule has 0 atom stereocenters. The van der Waals surface area contributed by atoms with Gasteiger partial charge in [0.2, 0.25) is 0 Å². The highest BCUT2D eigenvalue weighted by atomic mass is 32.3. The first kappa shape index (κ1) is 37.1. The minimum absolute atomic E-state index is 0.0999. The Labute approximate surface area is 235 Å². The zero-order valence-corrected chi connectivity index (χ0v) is 25.0.